The molecule has 3 aromatic carbocycles. The van der Waals surface area contributed by atoms with Crippen LogP contribution in [0.15, 0.2) is 77.7 Å². The Balaban J connectivity index is 2.05. The molecule has 0 fully saturated rings. The highest BCUT2D eigenvalue weighted by Gasteiger charge is 2.33. The van der Waals surface area contributed by atoms with Gasteiger partial charge in [-0.2, -0.15) is 0 Å². The van der Waals surface area contributed by atoms with Crippen LogP contribution in [0.1, 0.15) is 25.0 Å². The van der Waals surface area contributed by atoms with E-state index in [1.807, 2.05) is 6.92 Å². The van der Waals surface area contributed by atoms with Crippen LogP contribution in [0.2, 0.25) is 10.0 Å². The number of carbonyl (C=O) groups is 2. The van der Waals surface area contributed by atoms with Crippen molar-refractivity contribution < 1.29 is 18.0 Å². The summed E-state index contributed by atoms with van der Waals surface area (Å²) >= 11 is 12.7. The van der Waals surface area contributed by atoms with Gasteiger partial charge in [0.05, 0.1) is 10.6 Å². The van der Waals surface area contributed by atoms with Gasteiger partial charge in [-0.15, -0.1) is 0 Å². The van der Waals surface area contributed by atoms with E-state index in [2.05, 4.69) is 5.32 Å². The number of amides is 2. The summed E-state index contributed by atoms with van der Waals surface area (Å²) in [4.78, 5) is 27.9. The van der Waals surface area contributed by atoms with Gasteiger partial charge in [0.1, 0.15) is 12.6 Å². The van der Waals surface area contributed by atoms with E-state index in [4.69, 9.17) is 23.2 Å². The number of sulfonamides is 1. The fraction of sp³-hybridized carbons (Fsp3) is 0.259. The summed E-state index contributed by atoms with van der Waals surface area (Å²) < 4.78 is 28.4. The fourth-order valence-electron chi connectivity index (χ4n) is 3.72. The van der Waals surface area contributed by atoms with Crippen molar-refractivity contribution in [3.63, 3.8) is 0 Å². The third-order valence-corrected chi connectivity index (χ3v) is 8.34. The smallest absolute Gasteiger partial charge is 0.264 e. The van der Waals surface area contributed by atoms with Crippen LogP contribution in [0, 0.1) is 6.92 Å². The summed E-state index contributed by atoms with van der Waals surface area (Å²) in [5.41, 5.74) is 1.72. The fourth-order valence-corrected chi connectivity index (χ4v) is 5.67. The van der Waals surface area contributed by atoms with Gasteiger partial charge >= 0.3 is 0 Å². The van der Waals surface area contributed by atoms with Gasteiger partial charge < -0.3 is 10.2 Å². The lowest BCUT2D eigenvalue weighted by Crippen LogP contribution is -2.51. The maximum absolute atomic E-state index is 13.8. The number of hydrogen-bond acceptors (Lipinski definition) is 4. The van der Waals surface area contributed by atoms with Gasteiger partial charge in [0, 0.05) is 28.7 Å². The summed E-state index contributed by atoms with van der Waals surface area (Å²) in [6.45, 7) is 4.99. The van der Waals surface area contributed by atoms with E-state index in [0.29, 0.717) is 27.8 Å². The normalized spacial score (nSPS) is 12.0. The van der Waals surface area contributed by atoms with Crippen molar-refractivity contribution in [3.8, 4) is 0 Å². The second kappa shape index (κ2) is 12.4. The van der Waals surface area contributed by atoms with E-state index in [1.165, 1.54) is 17.0 Å². The predicted molar refractivity (Wildman–Crippen MR) is 147 cm³/mol. The molecule has 1 atom stereocenters. The quantitative estimate of drug-likeness (QED) is 0.375. The Morgan fingerprint density at radius 1 is 0.919 bits per heavy atom. The van der Waals surface area contributed by atoms with Crippen molar-refractivity contribution in [2.75, 3.05) is 17.4 Å². The Bertz CT molecular complexity index is 1330. The van der Waals surface area contributed by atoms with E-state index in [-0.39, 0.29) is 17.3 Å². The Kier molecular flexibility index (Phi) is 9.59. The van der Waals surface area contributed by atoms with Crippen molar-refractivity contribution in [2.24, 2.45) is 0 Å². The molecule has 0 aliphatic rings. The van der Waals surface area contributed by atoms with Crippen LogP contribution in [0.4, 0.5) is 5.69 Å². The van der Waals surface area contributed by atoms with Crippen LogP contribution in [0.25, 0.3) is 0 Å². The molecule has 3 aromatic rings. The molecule has 0 saturated carbocycles. The van der Waals surface area contributed by atoms with Crippen molar-refractivity contribution in [2.45, 2.75) is 38.3 Å². The number of carbonyl (C=O) groups excluding carboxylic acids is 2. The van der Waals surface area contributed by atoms with Crippen molar-refractivity contribution >= 4 is 50.7 Å². The molecule has 196 valence electrons. The molecule has 0 radical (unpaired) electrons. The van der Waals surface area contributed by atoms with E-state index in [1.54, 1.807) is 74.5 Å². The third kappa shape index (κ3) is 6.83. The Hall–Kier alpha value is -3.07. The SMILES string of the molecule is CCNC(=O)[C@@H](C)N(Cc1c(Cl)cccc1Cl)C(=O)CN(c1ccc(C)cc1)S(=O)(=O)c1ccccc1. The zero-order valence-electron chi connectivity index (χ0n) is 20.8. The van der Waals surface area contributed by atoms with Crippen molar-refractivity contribution in [1.29, 1.82) is 0 Å². The number of anilines is 1. The minimum Gasteiger partial charge on any atom is -0.355 e. The van der Waals surface area contributed by atoms with Gasteiger partial charge in [-0.05, 0) is 57.2 Å². The second-order valence-corrected chi connectivity index (χ2v) is 11.1. The monoisotopic (exact) mass is 561 g/mol. The maximum atomic E-state index is 13.8. The molecule has 0 bridgehead atoms. The van der Waals surface area contributed by atoms with Gasteiger partial charge in [-0.1, -0.05) is 65.2 Å². The lowest BCUT2D eigenvalue weighted by atomic mass is 10.1. The second-order valence-electron chi connectivity index (χ2n) is 8.45. The topological polar surface area (TPSA) is 86.8 Å². The number of benzene rings is 3. The van der Waals surface area contributed by atoms with E-state index in [0.717, 1.165) is 9.87 Å². The molecule has 37 heavy (non-hydrogen) atoms. The van der Waals surface area contributed by atoms with Crippen LogP contribution in [-0.4, -0.2) is 44.3 Å². The lowest BCUT2D eigenvalue weighted by molar-refractivity contribution is -0.139. The zero-order valence-corrected chi connectivity index (χ0v) is 23.1. The van der Waals surface area contributed by atoms with Crippen LogP contribution >= 0.6 is 23.2 Å². The number of nitrogens with one attached hydrogen (secondary N) is 1. The van der Waals surface area contributed by atoms with Gasteiger partial charge in [0.15, 0.2) is 0 Å². The summed E-state index contributed by atoms with van der Waals surface area (Å²) in [6, 6.07) is 18.8. The number of nitrogens with zero attached hydrogens (tertiary/aromatic N) is 2. The van der Waals surface area contributed by atoms with Crippen LogP contribution in [0.5, 0.6) is 0 Å². The number of hydrogen-bond donors (Lipinski definition) is 1. The summed E-state index contributed by atoms with van der Waals surface area (Å²) in [5, 5.41) is 3.38. The molecular formula is C27H29Cl2N3O4S. The maximum Gasteiger partial charge on any atom is 0.264 e. The number of aryl methyl sites for hydroxylation is 1. The predicted octanol–water partition coefficient (Wildman–Crippen LogP) is 5.05. The van der Waals surface area contributed by atoms with Gasteiger partial charge in [0.25, 0.3) is 10.0 Å². The van der Waals surface area contributed by atoms with Crippen LogP contribution in [-0.2, 0) is 26.2 Å². The highest BCUT2D eigenvalue weighted by atomic mass is 35.5. The molecular weight excluding hydrogens is 533 g/mol. The molecule has 0 saturated heterocycles. The molecule has 0 aromatic heterocycles. The van der Waals surface area contributed by atoms with Gasteiger partial charge in [0.2, 0.25) is 11.8 Å². The van der Waals surface area contributed by atoms with Gasteiger partial charge in [-0.25, -0.2) is 8.42 Å². The largest absolute Gasteiger partial charge is 0.355 e. The van der Waals surface area contributed by atoms with Crippen molar-refractivity contribution in [1.82, 2.24) is 10.2 Å². The molecule has 3 rings (SSSR count). The van der Waals surface area contributed by atoms with Crippen molar-refractivity contribution in [3.05, 3.63) is 94.0 Å². The Morgan fingerprint density at radius 3 is 2.08 bits per heavy atom. The highest BCUT2D eigenvalue weighted by molar-refractivity contribution is 7.92. The molecule has 10 heteroatoms. The molecule has 1 N–H and O–H groups in total. The molecule has 0 unspecified atom stereocenters. The number of rotatable bonds is 10. The molecule has 2 amide bonds. The Morgan fingerprint density at radius 2 is 1.51 bits per heavy atom. The first-order valence-corrected chi connectivity index (χ1v) is 13.9. The molecule has 0 heterocycles. The average Bonchev–Trinajstić information content (AvgIpc) is 2.88. The third-order valence-electron chi connectivity index (χ3n) is 5.84. The molecule has 0 aliphatic carbocycles. The zero-order chi connectivity index (χ0) is 27.2. The van der Waals surface area contributed by atoms with Gasteiger partial charge in [-0.3, -0.25) is 13.9 Å². The minimum absolute atomic E-state index is 0.0425. The molecule has 7 nitrogen and oxygen atoms in total. The number of likely N-dealkylation sites (N-methyl/N-ethyl adjacent to an activating group) is 1. The van der Waals surface area contributed by atoms with Crippen LogP contribution in [0.3, 0.4) is 0 Å². The number of halogens is 2. The van der Waals surface area contributed by atoms with E-state index >= 15 is 0 Å². The molecule has 0 aliphatic heterocycles. The Labute approximate surface area is 228 Å². The first-order chi connectivity index (χ1) is 17.6. The molecule has 0 spiro atoms. The average molecular weight is 563 g/mol. The standard InChI is InChI=1S/C27H29Cl2N3O4S/c1-4-30-27(34)20(3)31(17-23-24(28)11-8-12-25(23)29)26(33)18-32(21-15-13-19(2)14-16-21)37(35,36)22-9-6-5-7-10-22/h5-16,20H,4,17-18H2,1-3H3,(H,30,34)/t20-/m1/s1. The minimum atomic E-state index is -4.11. The van der Waals surface area contributed by atoms with Crippen LogP contribution < -0.4 is 9.62 Å². The summed E-state index contributed by atoms with van der Waals surface area (Å²) in [5.74, 6) is -0.971. The van der Waals surface area contributed by atoms with E-state index < -0.39 is 28.5 Å². The lowest BCUT2D eigenvalue weighted by Gasteiger charge is -2.32. The summed E-state index contributed by atoms with van der Waals surface area (Å²) in [6.07, 6.45) is 0. The highest BCUT2D eigenvalue weighted by Crippen LogP contribution is 2.28. The van der Waals surface area contributed by atoms with E-state index in [9.17, 15) is 18.0 Å². The summed E-state index contributed by atoms with van der Waals surface area (Å²) in [7, 11) is -4.11. The first kappa shape index (κ1) is 28.5. The first-order valence-electron chi connectivity index (χ1n) is 11.7.